The Morgan fingerprint density at radius 3 is 2.13 bits per heavy atom. The molecule has 31 heavy (non-hydrogen) atoms. The number of ketones is 1. The van der Waals surface area contributed by atoms with Crippen molar-refractivity contribution >= 4 is 28.2 Å². The lowest BCUT2D eigenvalue weighted by Gasteiger charge is -2.50. The number of hydrogen-bond donors (Lipinski definition) is 0. The molecule has 1 heterocycles. The number of rotatable bonds is 8. The first-order valence-electron chi connectivity index (χ1n) is 11.6. The molecule has 0 N–H and O–H groups in total. The number of nitrogens with zero attached hydrogens (tertiary/aromatic N) is 2. The quantitative estimate of drug-likeness (QED) is 0.514. The van der Waals surface area contributed by atoms with Crippen molar-refractivity contribution in [3.63, 3.8) is 0 Å². The molecule has 0 amide bonds. The number of hydrogen-bond acceptors (Lipinski definition) is 4. The number of sulfonamides is 1. The molecule has 1 saturated heterocycles. The van der Waals surface area contributed by atoms with E-state index < -0.39 is 10.0 Å². The van der Waals surface area contributed by atoms with Gasteiger partial charge in [0.25, 0.3) is 0 Å². The molecule has 0 bridgehead atoms. The second-order valence-corrected chi connectivity index (χ2v) is 11.3. The van der Waals surface area contributed by atoms with Gasteiger partial charge in [-0.15, -0.1) is 12.4 Å². The van der Waals surface area contributed by atoms with Crippen LogP contribution in [0.4, 0.5) is 0 Å². The summed E-state index contributed by atoms with van der Waals surface area (Å²) in [7, 11) is -3.13. The zero-order valence-electron chi connectivity index (χ0n) is 19.4. The fourth-order valence-electron chi connectivity index (χ4n) is 5.49. The molecule has 5 nitrogen and oxygen atoms in total. The van der Waals surface area contributed by atoms with E-state index in [4.69, 9.17) is 0 Å². The van der Waals surface area contributed by atoms with E-state index in [0.717, 1.165) is 49.0 Å². The highest BCUT2D eigenvalue weighted by atomic mass is 35.5. The lowest BCUT2D eigenvalue weighted by Crippen LogP contribution is -2.58. The maximum absolute atomic E-state index is 13.1. The predicted molar refractivity (Wildman–Crippen MR) is 130 cm³/mol. The number of benzene rings is 1. The van der Waals surface area contributed by atoms with Crippen LogP contribution in [-0.2, 0) is 10.0 Å². The van der Waals surface area contributed by atoms with Crippen LogP contribution < -0.4 is 0 Å². The number of halogens is 1. The standard InChI is InChI=1S/C24H38N2O3S.ClH/c1-4-19-30(28,29)26-17-15-25(16-18-26)24(12-6-5-7-13-24)14-11-22(27)23-20(2)9-8-10-21(23)3;/h8-10H,4-7,11-19H2,1-3H3;1H. The molecule has 1 aromatic carbocycles. The van der Waals surface area contributed by atoms with Gasteiger partial charge >= 0.3 is 0 Å². The first kappa shape index (κ1) is 26.3. The van der Waals surface area contributed by atoms with E-state index >= 15 is 0 Å². The summed E-state index contributed by atoms with van der Waals surface area (Å²) in [5.74, 6) is 0.488. The van der Waals surface area contributed by atoms with Crippen molar-refractivity contribution in [3.05, 3.63) is 34.9 Å². The number of piperazine rings is 1. The summed E-state index contributed by atoms with van der Waals surface area (Å²) in [6.45, 7) is 8.67. The third kappa shape index (κ3) is 6.10. The normalized spacial score (nSPS) is 20.2. The maximum atomic E-state index is 13.1. The van der Waals surface area contributed by atoms with E-state index in [1.165, 1.54) is 19.3 Å². The Balaban J connectivity index is 0.00000341. The Morgan fingerprint density at radius 2 is 1.58 bits per heavy atom. The Morgan fingerprint density at radius 1 is 1.00 bits per heavy atom. The molecular formula is C24H39ClN2O3S. The minimum atomic E-state index is -3.13. The lowest BCUT2D eigenvalue weighted by molar-refractivity contribution is 0.0165. The van der Waals surface area contributed by atoms with Crippen LogP contribution in [0.1, 0.15) is 79.8 Å². The van der Waals surface area contributed by atoms with Gasteiger partial charge in [-0.25, -0.2) is 8.42 Å². The molecule has 0 unspecified atom stereocenters. The van der Waals surface area contributed by atoms with Crippen molar-refractivity contribution in [1.82, 2.24) is 9.21 Å². The molecule has 176 valence electrons. The van der Waals surface area contributed by atoms with Crippen LogP contribution in [0.25, 0.3) is 0 Å². The van der Waals surface area contributed by atoms with Gasteiger partial charge in [0.05, 0.1) is 5.75 Å². The minimum absolute atomic E-state index is 0. The van der Waals surface area contributed by atoms with Crippen LogP contribution in [0.5, 0.6) is 0 Å². The van der Waals surface area contributed by atoms with E-state index in [-0.39, 0.29) is 29.5 Å². The molecule has 0 spiro atoms. The van der Waals surface area contributed by atoms with Crippen molar-refractivity contribution in [2.45, 2.75) is 77.7 Å². The van der Waals surface area contributed by atoms with Crippen molar-refractivity contribution in [2.24, 2.45) is 0 Å². The van der Waals surface area contributed by atoms with E-state index in [0.29, 0.717) is 25.9 Å². The summed E-state index contributed by atoms with van der Waals surface area (Å²) < 4.78 is 26.6. The Labute approximate surface area is 195 Å². The fourth-order valence-corrected chi connectivity index (χ4v) is 6.98. The zero-order valence-corrected chi connectivity index (χ0v) is 21.0. The smallest absolute Gasteiger partial charge is 0.214 e. The molecule has 0 atom stereocenters. The van der Waals surface area contributed by atoms with E-state index in [9.17, 15) is 13.2 Å². The molecule has 1 aromatic rings. The minimum Gasteiger partial charge on any atom is -0.295 e. The number of carbonyl (C=O) groups is 1. The van der Waals surface area contributed by atoms with E-state index in [1.54, 1.807) is 4.31 Å². The van der Waals surface area contributed by atoms with Gasteiger partial charge in [0.15, 0.2) is 5.78 Å². The average Bonchev–Trinajstić information content (AvgIpc) is 2.73. The first-order chi connectivity index (χ1) is 14.3. The monoisotopic (exact) mass is 470 g/mol. The summed E-state index contributed by atoms with van der Waals surface area (Å²) in [6.07, 6.45) is 8.01. The van der Waals surface area contributed by atoms with Crippen LogP contribution in [0.3, 0.4) is 0 Å². The maximum Gasteiger partial charge on any atom is 0.214 e. The van der Waals surface area contributed by atoms with E-state index in [2.05, 4.69) is 4.90 Å². The summed E-state index contributed by atoms with van der Waals surface area (Å²) in [5.41, 5.74) is 3.06. The van der Waals surface area contributed by atoms with Crippen LogP contribution in [0, 0.1) is 13.8 Å². The van der Waals surface area contributed by atoms with Crippen molar-refractivity contribution in [1.29, 1.82) is 0 Å². The summed E-state index contributed by atoms with van der Waals surface area (Å²) in [6, 6.07) is 6.05. The van der Waals surface area contributed by atoms with Gasteiger partial charge in [-0.3, -0.25) is 9.69 Å². The van der Waals surface area contributed by atoms with Gasteiger partial charge < -0.3 is 0 Å². The molecule has 1 saturated carbocycles. The van der Waals surface area contributed by atoms with Crippen LogP contribution >= 0.6 is 12.4 Å². The van der Waals surface area contributed by atoms with Crippen molar-refractivity contribution in [2.75, 3.05) is 31.9 Å². The summed E-state index contributed by atoms with van der Waals surface area (Å²) >= 11 is 0. The van der Waals surface area contributed by atoms with Gasteiger partial charge in [-0.1, -0.05) is 44.4 Å². The van der Waals surface area contributed by atoms with Crippen LogP contribution in [-0.4, -0.2) is 60.9 Å². The number of carbonyl (C=O) groups excluding carboxylic acids is 1. The summed E-state index contributed by atoms with van der Waals surface area (Å²) in [5, 5.41) is 0. The fraction of sp³-hybridized carbons (Fsp3) is 0.708. The molecule has 1 aliphatic carbocycles. The topological polar surface area (TPSA) is 57.7 Å². The highest BCUT2D eigenvalue weighted by Crippen LogP contribution is 2.38. The Kier molecular flexibility index (Phi) is 9.56. The first-order valence-corrected chi connectivity index (χ1v) is 13.2. The molecular weight excluding hydrogens is 432 g/mol. The van der Waals surface area contributed by atoms with Gasteiger partial charge in [-0.05, 0) is 50.7 Å². The van der Waals surface area contributed by atoms with Crippen molar-refractivity contribution in [3.8, 4) is 0 Å². The number of aryl methyl sites for hydroxylation is 2. The van der Waals surface area contributed by atoms with Crippen molar-refractivity contribution < 1.29 is 13.2 Å². The second kappa shape index (κ2) is 11.3. The predicted octanol–water partition coefficient (Wildman–Crippen LogP) is 4.75. The van der Waals surface area contributed by atoms with Gasteiger partial charge in [0.2, 0.25) is 10.0 Å². The van der Waals surface area contributed by atoms with Gasteiger partial charge in [0.1, 0.15) is 0 Å². The molecule has 1 aliphatic heterocycles. The Bertz CT molecular complexity index is 822. The highest BCUT2D eigenvalue weighted by molar-refractivity contribution is 7.89. The molecule has 2 aliphatic rings. The largest absolute Gasteiger partial charge is 0.295 e. The number of Topliss-reactive ketones (excluding diaryl/α,β-unsaturated/α-hetero) is 1. The molecule has 3 rings (SSSR count). The van der Waals surface area contributed by atoms with E-state index in [1.807, 2.05) is 39.0 Å². The second-order valence-electron chi connectivity index (χ2n) is 9.18. The summed E-state index contributed by atoms with van der Waals surface area (Å²) in [4.78, 5) is 15.6. The van der Waals surface area contributed by atoms with Gasteiger partial charge in [-0.2, -0.15) is 4.31 Å². The molecule has 0 radical (unpaired) electrons. The molecule has 7 heteroatoms. The third-order valence-corrected chi connectivity index (χ3v) is 9.20. The lowest BCUT2D eigenvalue weighted by atomic mass is 9.76. The zero-order chi connectivity index (χ0) is 21.8. The molecule has 2 fully saturated rings. The highest BCUT2D eigenvalue weighted by Gasteiger charge is 2.40. The van der Waals surface area contributed by atoms with Gasteiger partial charge in [0, 0.05) is 43.7 Å². The van der Waals surface area contributed by atoms with Crippen LogP contribution in [0.15, 0.2) is 18.2 Å². The average molecular weight is 471 g/mol. The molecule has 0 aromatic heterocycles. The third-order valence-electron chi connectivity index (χ3n) is 7.13. The van der Waals surface area contributed by atoms with Crippen LogP contribution in [0.2, 0.25) is 0 Å². The SMILES string of the molecule is CCCS(=O)(=O)N1CCN(C2(CCC(=O)c3c(C)cccc3C)CCCCC2)CC1.Cl. The Hall–Kier alpha value is -0.950.